The second-order valence-electron chi connectivity index (χ2n) is 4.87. The number of sulfonamides is 1. The molecular weight excluding hydrogens is 332 g/mol. The Balaban J connectivity index is 1.70. The van der Waals surface area contributed by atoms with Gasteiger partial charge in [-0.05, 0) is 18.6 Å². The van der Waals surface area contributed by atoms with Crippen molar-refractivity contribution in [2.24, 2.45) is 0 Å². The molecule has 0 unspecified atom stereocenters. The Labute approximate surface area is 131 Å². The van der Waals surface area contributed by atoms with Gasteiger partial charge in [-0.2, -0.15) is 4.31 Å². The molecule has 0 bridgehead atoms. The number of thioether (sulfide) groups is 1. The lowest BCUT2D eigenvalue weighted by Crippen LogP contribution is -2.61. The molecule has 3 rings (SSSR count). The highest BCUT2D eigenvalue weighted by molar-refractivity contribution is 8.14. The second-order valence-corrected chi connectivity index (χ2v) is 9.13. The Morgan fingerprint density at radius 1 is 1.29 bits per heavy atom. The van der Waals surface area contributed by atoms with Gasteiger partial charge in [-0.15, -0.1) is 11.3 Å². The molecule has 1 aromatic rings. The van der Waals surface area contributed by atoms with E-state index >= 15 is 0 Å². The van der Waals surface area contributed by atoms with Crippen LogP contribution in [0.2, 0.25) is 0 Å². The lowest BCUT2D eigenvalue weighted by molar-refractivity contribution is -0.127. The quantitative estimate of drug-likeness (QED) is 0.823. The number of aryl methyl sites for hydroxylation is 1. The molecule has 0 radical (unpaired) electrons. The van der Waals surface area contributed by atoms with E-state index < -0.39 is 10.0 Å². The monoisotopic (exact) mass is 346 g/mol. The predicted molar refractivity (Wildman–Crippen MR) is 80.9 cm³/mol. The van der Waals surface area contributed by atoms with Gasteiger partial charge in [-0.3, -0.25) is 14.5 Å². The van der Waals surface area contributed by atoms with Crippen molar-refractivity contribution in [1.82, 2.24) is 9.21 Å². The molecule has 114 valence electrons. The molecule has 2 aliphatic heterocycles. The molecule has 2 saturated heterocycles. The van der Waals surface area contributed by atoms with Crippen LogP contribution in [0.25, 0.3) is 0 Å². The largest absolute Gasteiger partial charge is 0.289 e. The van der Waals surface area contributed by atoms with Crippen molar-refractivity contribution in [3.8, 4) is 0 Å². The topological polar surface area (TPSA) is 74.8 Å². The van der Waals surface area contributed by atoms with Gasteiger partial charge < -0.3 is 0 Å². The maximum Gasteiger partial charge on any atom is 0.289 e. The maximum atomic E-state index is 12.4. The number of thiophene rings is 1. The van der Waals surface area contributed by atoms with Gasteiger partial charge in [-0.1, -0.05) is 18.7 Å². The van der Waals surface area contributed by atoms with Crippen molar-refractivity contribution in [1.29, 1.82) is 0 Å². The molecule has 2 fully saturated rings. The predicted octanol–water partition coefficient (Wildman–Crippen LogP) is 1.38. The van der Waals surface area contributed by atoms with Crippen molar-refractivity contribution < 1.29 is 18.0 Å². The summed E-state index contributed by atoms with van der Waals surface area (Å²) in [5, 5.41) is -0.272. The van der Waals surface area contributed by atoms with Crippen molar-refractivity contribution in [3.05, 3.63) is 17.0 Å². The van der Waals surface area contributed by atoms with Gasteiger partial charge in [0.2, 0.25) is 5.91 Å². The fraction of sp³-hybridized carbons (Fsp3) is 0.500. The van der Waals surface area contributed by atoms with Crippen LogP contribution in [-0.2, 0) is 21.2 Å². The SMILES string of the molecule is CCc1ccc(S(=O)(=O)N2CC(N3C(=O)CSC3=O)C2)s1. The maximum absolute atomic E-state index is 12.4. The summed E-state index contributed by atoms with van der Waals surface area (Å²) in [6.45, 7) is 2.36. The molecule has 0 atom stereocenters. The molecule has 3 heterocycles. The summed E-state index contributed by atoms with van der Waals surface area (Å²) in [7, 11) is -3.49. The van der Waals surface area contributed by atoms with Crippen LogP contribution in [0.3, 0.4) is 0 Å². The Kier molecular flexibility index (Phi) is 3.85. The fourth-order valence-electron chi connectivity index (χ4n) is 2.31. The van der Waals surface area contributed by atoms with E-state index in [1.165, 1.54) is 20.5 Å². The molecule has 0 aromatic carbocycles. The van der Waals surface area contributed by atoms with Crippen LogP contribution in [-0.4, -0.2) is 53.7 Å². The first-order valence-electron chi connectivity index (χ1n) is 6.51. The van der Waals surface area contributed by atoms with Crippen molar-refractivity contribution in [2.45, 2.75) is 23.6 Å². The summed E-state index contributed by atoms with van der Waals surface area (Å²) in [4.78, 5) is 25.4. The highest BCUT2D eigenvalue weighted by Gasteiger charge is 2.46. The number of amides is 2. The molecule has 0 saturated carbocycles. The lowest BCUT2D eigenvalue weighted by Gasteiger charge is -2.41. The number of nitrogens with zero attached hydrogens (tertiary/aromatic N) is 2. The molecule has 1 aromatic heterocycles. The zero-order valence-corrected chi connectivity index (χ0v) is 13.8. The second kappa shape index (κ2) is 5.38. The van der Waals surface area contributed by atoms with Crippen LogP contribution in [0.15, 0.2) is 16.3 Å². The summed E-state index contributed by atoms with van der Waals surface area (Å²) in [5.41, 5.74) is 0. The summed E-state index contributed by atoms with van der Waals surface area (Å²) in [5.74, 6) is -0.0659. The van der Waals surface area contributed by atoms with E-state index in [1.54, 1.807) is 6.07 Å². The fourth-order valence-corrected chi connectivity index (χ4v) is 6.05. The van der Waals surface area contributed by atoms with E-state index in [0.717, 1.165) is 23.1 Å². The van der Waals surface area contributed by atoms with E-state index in [1.807, 2.05) is 13.0 Å². The van der Waals surface area contributed by atoms with Crippen LogP contribution in [0.5, 0.6) is 0 Å². The average molecular weight is 346 g/mol. The van der Waals surface area contributed by atoms with Crippen LogP contribution in [0.1, 0.15) is 11.8 Å². The van der Waals surface area contributed by atoms with Crippen LogP contribution in [0.4, 0.5) is 4.79 Å². The summed E-state index contributed by atoms with van der Waals surface area (Å²) >= 11 is 2.24. The third kappa shape index (κ3) is 2.52. The molecule has 21 heavy (non-hydrogen) atoms. The smallest absolute Gasteiger partial charge is 0.273 e. The molecule has 2 amide bonds. The first-order valence-corrected chi connectivity index (χ1v) is 9.75. The molecule has 2 aliphatic rings. The number of hydrogen-bond donors (Lipinski definition) is 0. The van der Waals surface area contributed by atoms with E-state index in [2.05, 4.69) is 0 Å². The molecule has 9 heteroatoms. The number of imide groups is 1. The summed E-state index contributed by atoms with van der Waals surface area (Å²) in [6, 6.07) is 3.12. The molecular formula is C12H14N2O4S3. The van der Waals surface area contributed by atoms with Crippen LogP contribution in [0, 0.1) is 0 Å². The standard InChI is InChI=1S/C12H14N2O4S3/c1-2-9-3-4-11(20-9)21(17,18)13-5-8(6-13)14-10(15)7-19-12(14)16/h3-4,8H,2,5-7H2,1H3. The number of carbonyl (C=O) groups is 2. The van der Waals surface area contributed by atoms with Gasteiger partial charge in [0.05, 0.1) is 11.8 Å². The van der Waals surface area contributed by atoms with E-state index in [0.29, 0.717) is 4.21 Å². The lowest BCUT2D eigenvalue weighted by atomic mass is 10.1. The Morgan fingerprint density at radius 3 is 2.52 bits per heavy atom. The number of hydrogen-bond acceptors (Lipinski definition) is 6. The normalized spacial score (nSPS) is 21.1. The van der Waals surface area contributed by atoms with E-state index in [-0.39, 0.29) is 36.0 Å². The molecule has 0 N–H and O–H groups in total. The zero-order chi connectivity index (χ0) is 15.2. The Hall–Kier alpha value is -0.900. The molecule has 0 aliphatic carbocycles. The minimum absolute atomic E-state index is 0.160. The minimum atomic E-state index is -3.49. The summed E-state index contributed by atoms with van der Waals surface area (Å²) < 4.78 is 26.5. The highest BCUT2D eigenvalue weighted by atomic mass is 32.2. The highest BCUT2D eigenvalue weighted by Crippen LogP contribution is 2.32. The minimum Gasteiger partial charge on any atom is -0.273 e. The molecule has 0 spiro atoms. The van der Waals surface area contributed by atoms with Gasteiger partial charge in [0.25, 0.3) is 15.3 Å². The summed E-state index contributed by atoms with van der Waals surface area (Å²) in [6.07, 6.45) is 0.802. The van der Waals surface area contributed by atoms with Crippen molar-refractivity contribution in [2.75, 3.05) is 18.8 Å². The third-order valence-corrected chi connectivity index (χ3v) is 7.92. The van der Waals surface area contributed by atoms with Gasteiger partial charge in [-0.25, -0.2) is 8.42 Å². The third-order valence-electron chi connectivity index (χ3n) is 3.56. The molecule has 6 nitrogen and oxygen atoms in total. The first kappa shape index (κ1) is 15.0. The average Bonchev–Trinajstić information content (AvgIpc) is 2.98. The van der Waals surface area contributed by atoms with Gasteiger partial charge >= 0.3 is 0 Å². The van der Waals surface area contributed by atoms with Crippen molar-refractivity contribution >= 4 is 44.3 Å². The van der Waals surface area contributed by atoms with Gasteiger partial charge in [0.1, 0.15) is 4.21 Å². The van der Waals surface area contributed by atoms with Gasteiger partial charge in [0.15, 0.2) is 0 Å². The zero-order valence-electron chi connectivity index (χ0n) is 11.3. The Bertz CT molecular complexity index is 675. The Morgan fingerprint density at radius 2 is 2.00 bits per heavy atom. The van der Waals surface area contributed by atoms with Crippen molar-refractivity contribution in [3.63, 3.8) is 0 Å². The number of rotatable bonds is 4. The van der Waals surface area contributed by atoms with Crippen LogP contribution >= 0.6 is 23.1 Å². The van der Waals surface area contributed by atoms with Gasteiger partial charge in [0, 0.05) is 18.0 Å². The van der Waals surface area contributed by atoms with Crippen LogP contribution < -0.4 is 0 Å². The van der Waals surface area contributed by atoms with E-state index in [9.17, 15) is 18.0 Å². The van der Waals surface area contributed by atoms with E-state index in [4.69, 9.17) is 0 Å². The number of carbonyl (C=O) groups excluding carboxylic acids is 2. The first-order chi connectivity index (χ1) is 9.93.